The Hall–Kier alpha value is -0.470. The first-order valence-electron chi connectivity index (χ1n) is 9.83. The summed E-state index contributed by atoms with van der Waals surface area (Å²) in [6, 6.07) is 3.49. The van der Waals surface area contributed by atoms with Crippen LogP contribution in [0.15, 0.2) is 21.7 Å². The van der Waals surface area contributed by atoms with Gasteiger partial charge >= 0.3 is 0 Å². The lowest BCUT2D eigenvalue weighted by molar-refractivity contribution is -0.123. The topological polar surface area (TPSA) is 55.8 Å². The van der Waals surface area contributed by atoms with Gasteiger partial charge in [0, 0.05) is 32.9 Å². The Balaban J connectivity index is 1.28. The van der Waals surface area contributed by atoms with E-state index in [1.807, 2.05) is 5.38 Å². The molecule has 7 heteroatoms. The Kier molecular flexibility index (Phi) is 5.72. The second-order valence-electron chi connectivity index (χ2n) is 8.03. The van der Waals surface area contributed by atoms with E-state index < -0.39 is 10.0 Å². The van der Waals surface area contributed by atoms with Crippen LogP contribution in [0.2, 0.25) is 0 Å². The van der Waals surface area contributed by atoms with Gasteiger partial charge in [0.15, 0.2) is 0 Å². The molecular formula is C19H29NO4S2. The van der Waals surface area contributed by atoms with Gasteiger partial charge in [-0.25, -0.2) is 8.42 Å². The average molecular weight is 400 g/mol. The van der Waals surface area contributed by atoms with Gasteiger partial charge in [0.2, 0.25) is 0 Å². The third kappa shape index (κ3) is 4.33. The van der Waals surface area contributed by atoms with Crippen LogP contribution in [0.25, 0.3) is 0 Å². The molecule has 1 atom stereocenters. The number of nitrogens with zero attached hydrogens (tertiary/aromatic N) is 1. The van der Waals surface area contributed by atoms with Crippen LogP contribution in [0, 0.1) is 11.8 Å². The molecule has 0 aromatic carbocycles. The van der Waals surface area contributed by atoms with Crippen molar-refractivity contribution in [1.82, 2.24) is 4.31 Å². The fraction of sp³-hybridized carbons (Fsp3) is 0.789. The van der Waals surface area contributed by atoms with Crippen molar-refractivity contribution >= 4 is 21.4 Å². The second-order valence-corrected chi connectivity index (χ2v) is 11.1. The Morgan fingerprint density at radius 3 is 2.73 bits per heavy atom. The summed E-state index contributed by atoms with van der Waals surface area (Å²) in [6.07, 6.45) is 7.54. The average Bonchev–Trinajstić information content (AvgIpc) is 3.28. The standard InChI is InChI=1S/C19H29NO4S2/c21-26(22,18-2-1-13-25-18)20-9-7-19(8-10-20)14-16(6-12-24-19)5-11-23-15-17-3-4-17/h1-2,13,16-17H,3-12,14-15H2. The summed E-state index contributed by atoms with van der Waals surface area (Å²) in [5, 5.41) is 1.82. The number of piperidine rings is 1. The van der Waals surface area contributed by atoms with Crippen molar-refractivity contribution in [2.45, 2.75) is 54.8 Å². The van der Waals surface area contributed by atoms with Crippen LogP contribution in [0.4, 0.5) is 0 Å². The van der Waals surface area contributed by atoms with Gasteiger partial charge in [-0.05, 0) is 68.2 Å². The highest BCUT2D eigenvalue weighted by molar-refractivity contribution is 7.91. The highest BCUT2D eigenvalue weighted by Crippen LogP contribution is 2.40. The van der Waals surface area contributed by atoms with Crippen LogP contribution >= 0.6 is 11.3 Å². The largest absolute Gasteiger partial charge is 0.381 e. The first-order valence-corrected chi connectivity index (χ1v) is 12.1. The quantitative estimate of drug-likeness (QED) is 0.659. The lowest BCUT2D eigenvalue weighted by Crippen LogP contribution is -2.50. The van der Waals surface area contributed by atoms with E-state index in [4.69, 9.17) is 9.47 Å². The summed E-state index contributed by atoms with van der Waals surface area (Å²) < 4.78 is 39.5. The summed E-state index contributed by atoms with van der Waals surface area (Å²) in [5.41, 5.74) is -0.124. The van der Waals surface area contributed by atoms with E-state index in [2.05, 4.69) is 0 Å². The van der Waals surface area contributed by atoms with E-state index in [0.29, 0.717) is 23.2 Å². The van der Waals surface area contributed by atoms with E-state index in [9.17, 15) is 8.42 Å². The maximum Gasteiger partial charge on any atom is 0.252 e. The lowest BCUT2D eigenvalue weighted by atomic mass is 9.79. The normalized spacial score (nSPS) is 27.0. The Labute approximate surface area is 160 Å². The molecule has 3 heterocycles. The van der Waals surface area contributed by atoms with Crippen LogP contribution in [-0.2, 0) is 19.5 Å². The van der Waals surface area contributed by atoms with Crippen molar-refractivity contribution in [3.63, 3.8) is 0 Å². The van der Waals surface area contributed by atoms with Crippen LogP contribution < -0.4 is 0 Å². The summed E-state index contributed by atoms with van der Waals surface area (Å²) >= 11 is 1.29. The maximum absolute atomic E-state index is 12.7. The fourth-order valence-electron chi connectivity index (χ4n) is 4.18. The molecule has 4 rings (SSSR count). The Morgan fingerprint density at radius 1 is 1.23 bits per heavy atom. The molecule has 5 nitrogen and oxygen atoms in total. The van der Waals surface area contributed by atoms with Crippen LogP contribution in [0.5, 0.6) is 0 Å². The molecule has 1 aromatic heterocycles. The van der Waals surface area contributed by atoms with Crippen molar-refractivity contribution in [1.29, 1.82) is 0 Å². The van der Waals surface area contributed by atoms with Crippen molar-refractivity contribution < 1.29 is 17.9 Å². The van der Waals surface area contributed by atoms with Gasteiger partial charge < -0.3 is 9.47 Å². The van der Waals surface area contributed by atoms with Crippen molar-refractivity contribution in [2.75, 3.05) is 32.9 Å². The van der Waals surface area contributed by atoms with E-state index in [1.54, 1.807) is 16.4 Å². The van der Waals surface area contributed by atoms with Gasteiger partial charge in [-0.3, -0.25) is 0 Å². The zero-order valence-electron chi connectivity index (χ0n) is 15.3. The molecule has 3 aliphatic rings. The minimum absolute atomic E-state index is 0.124. The molecule has 1 unspecified atom stereocenters. The lowest BCUT2D eigenvalue weighted by Gasteiger charge is -2.45. The number of hydrogen-bond acceptors (Lipinski definition) is 5. The SMILES string of the molecule is O=S(=O)(c1cccs1)N1CCC2(CC1)CC(CCOCC1CC1)CCO2. The number of sulfonamides is 1. The van der Waals surface area contributed by atoms with E-state index >= 15 is 0 Å². The third-order valence-electron chi connectivity index (χ3n) is 6.04. The number of ether oxygens (including phenoxy) is 2. The molecule has 1 spiro atoms. The van der Waals surface area contributed by atoms with Gasteiger partial charge in [-0.2, -0.15) is 4.31 Å². The maximum atomic E-state index is 12.7. The smallest absolute Gasteiger partial charge is 0.252 e. The van der Waals surface area contributed by atoms with Crippen molar-refractivity contribution in [3.05, 3.63) is 17.5 Å². The summed E-state index contributed by atoms with van der Waals surface area (Å²) in [6.45, 7) is 3.71. The van der Waals surface area contributed by atoms with Crippen LogP contribution in [0.1, 0.15) is 44.9 Å². The molecule has 1 aromatic rings. The molecule has 0 amide bonds. The molecule has 2 saturated heterocycles. The molecule has 0 bridgehead atoms. The molecule has 26 heavy (non-hydrogen) atoms. The third-order valence-corrected chi connectivity index (χ3v) is 9.31. The van der Waals surface area contributed by atoms with Crippen molar-refractivity contribution in [3.8, 4) is 0 Å². The second kappa shape index (κ2) is 7.87. The van der Waals surface area contributed by atoms with E-state index in [1.165, 1.54) is 24.2 Å². The number of thiophene rings is 1. The predicted octanol–water partition coefficient (Wildman–Crippen LogP) is 3.51. The number of hydrogen-bond donors (Lipinski definition) is 0. The summed E-state index contributed by atoms with van der Waals surface area (Å²) in [4.78, 5) is 0. The molecule has 2 aliphatic heterocycles. The highest BCUT2D eigenvalue weighted by atomic mass is 32.2. The zero-order valence-corrected chi connectivity index (χ0v) is 16.9. The predicted molar refractivity (Wildman–Crippen MR) is 102 cm³/mol. The minimum Gasteiger partial charge on any atom is -0.381 e. The first kappa shape index (κ1) is 18.9. The van der Waals surface area contributed by atoms with Gasteiger partial charge in [0.1, 0.15) is 4.21 Å². The Bertz CT molecular complexity index is 676. The minimum atomic E-state index is -3.33. The van der Waals surface area contributed by atoms with Crippen molar-refractivity contribution in [2.24, 2.45) is 11.8 Å². The Morgan fingerprint density at radius 2 is 2.04 bits per heavy atom. The van der Waals surface area contributed by atoms with Gasteiger partial charge in [0.05, 0.1) is 5.60 Å². The van der Waals surface area contributed by atoms with Gasteiger partial charge in [-0.1, -0.05) is 6.07 Å². The molecule has 3 fully saturated rings. The van der Waals surface area contributed by atoms with E-state index in [0.717, 1.165) is 57.8 Å². The molecule has 0 N–H and O–H groups in total. The summed E-state index contributed by atoms with van der Waals surface area (Å²) in [7, 11) is -3.33. The summed E-state index contributed by atoms with van der Waals surface area (Å²) in [5.74, 6) is 1.47. The molecule has 0 radical (unpaired) electrons. The molecule has 146 valence electrons. The molecule has 1 aliphatic carbocycles. The zero-order chi connectivity index (χ0) is 18.0. The van der Waals surface area contributed by atoms with Crippen LogP contribution in [0.3, 0.4) is 0 Å². The van der Waals surface area contributed by atoms with Crippen LogP contribution in [-0.4, -0.2) is 51.2 Å². The molecule has 1 saturated carbocycles. The fourth-order valence-corrected chi connectivity index (χ4v) is 6.77. The first-order chi connectivity index (χ1) is 12.6. The highest BCUT2D eigenvalue weighted by Gasteiger charge is 2.42. The van der Waals surface area contributed by atoms with E-state index in [-0.39, 0.29) is 5.60 Å². The number of rotatable bonds is 7. The molecular weight excluding hydrogens is 370 g/mol. The monoisotopic (exact) mass is 399 g/mol. The van der Waals surface area contributed by atoms with Gasteiger partial charge in [0.25, 0.3) is 10.0 Å². The van der Waals surface area contributed by atoms with Gasteiger partial charge in [-0.15, -0.1) is 11.3 Å².